The molecule has 1 aliphatic heterocycles. The molecule has 0 amide bonds. The van der Waals surface area contributed by atoms with Crippen LogP contribution in [-0.4, -0.2) is 47.1 Å². The predicted octanol–water partition coefficient (Wildman–Crippen LogP) is 4.61. The topological polar surface area (TPSA) is 76.8 Å². The Balaban J connectivity index is 1.83. The van der Waals surface area contributed by atoms with E-state index in [0.717, 1.165) is 11.8 Å². The molecule has 32 heavy (non-hydrogen) atoms. The van der Waals surface area contributed by atoms with E-state index in [4.69, 9.17) is 9.47 Å². The van der Waals surface area contributed by atoms with E-state index in [1.807, 2.05) is 11.0 Å². The minimum Gasteiger partial charge on any atom is -0.449 e. The smallest absolute Gasteiger partial charge is 0.449 e. The predicted molar refractivity (Wildman–Crippen MR) is 111 cm³/mol. The van der Waals surface area contributed by atoms with E-state index in [9.17, 15) is 23.1 Å². The minimum absolute atomic E-state index is 0.0825. The number of carbonyl (C=O) groups is 1. The molecule has 1 aliphatic rings. The molecule has 7 nitrogen and oxygen atoms in total. The summed E-state index contributed by atoms with van der Waals surface area (Å²) < 4.78 is 52.3. The molecule has 0 atom stereocenters. The average Bonchev–Trinajstić information content (AvgIpc) is 3.04. The molecule has 0 saturated carbocycles. The zero-order valence-electron chi connectivity index (χ0n) is 17.6. The van der Waals surface area contributed by atoms with Crippen LogP contribution in [-0.2, 0) is 17.5 Å². The van der Waals surface area contributed by atoms with E-state index in [1.165, 1.54) is 13.0 Å². The summed E-state index contributed by atoms with van der Waals surface area (Å²) >= 11 is 0. The monoisotopic (exact) mass is 449 g/mol. The minimum atomic E-state index is -4.45. The second kappa shape index (κ2) is 8.34. The van der Waals surface area contributed by atoms with Gasteiger partial charge in [-0.05, 0) is 37.1 Å². The normalized spacial score (nSPS) is 14.7. The number of ether oxygens (including phenoxy) is 2. The molecule has 0 spiro atoms. The number of halogens is 3. The van der Waals surface area contributed by atoms with Crippen LogP contribution in [0.4, 0.5) is 23.7 Å². The Kier molecular flexibility index (Phi) is 5.72. The maximum atomic E-state index is 13.4. The number of rotatable bonds is 4. The second-order valence-corrected chi connectivity index (χ2v) is 7.61. The lowest BCUT2D eigenvalue weighted by Gasteiger charge is -2.29. The van der Waals surface area contributed by atoms with Gasteiger partial charge in [-0.1, -0.05) is 12.1 Å². The molecule has 1 N–H and O–H groups in total. The molecule has 1 saturated heterocycles. The summed E-state index contributed by atoms with van der Waals surface area (Å²) in [6.07, 6.45) is -5.91. The lowest BCUT2D eigenvalue weighted by molar-refractivity contribution is -0.138. The highest BCUT2D eigenvalue weighted by Gasteiger charge is 2.33. The molecule has 4 rings (SSSR count). The number of benzene rings is 2. The third kappa shape index (κ3) is 4.22. The van der Waals surface area contributed by atoms with Crippen LogP contribution in [0.3, 0.4) is 0 Å². The van der Waals surface area contributed by atoms with Gasteiger partial charge in [-0.15, -0.1) is 0 Å². The fourth-order valence-electron chi connectivity index (χ4n) is 4.00. The first-order chi connectivity index (χ1) is 15.1. The Bertz CT molecular complexity index is 1170. The highest BCUT2D eigenvalue weighted by atomic mass is 19.4. The molecular formula is C22H22F3N3O4. The summed E-state index contributed by atoms with van der Waals surface area (Å²) in [5, 5.41) is 9.19. The van der Waals surface area contributed by atoms with Crippen LogP contribution in [0.5, 0.6) is 5.75 Å². The lowest BCUT2D eigenvalue weighted by atomic mass is 10.0. The Morgan fingerprint density at radius 2 is 1.94 bits per heavy atom. The molecule has 1 aromatic heterocycles. The number of hydrogen-bond acceptors (Lipinski definition) is 5. The molecule has 0 aliphatic carbocycles. The van der Waals surface area contributed by atoms with Crippen molar-refractivity contribution in [3.05, 3.63) is 52.8 Å². The summed E-state index contributed by atoms with van der Waals surface area (Å²) in [6.45, 7) is 5.64. The van der Waals surface area contributed by atoms with E-state index in [2.05, 4.69) is 4.98 Å². The van der Waals surface area contributed by atoms with E-state index in [0.29, 0.717) is 48.7 Å². The second-order valence-electron chi connectivity index (χ2n) is 7.61. The number of carboxylic acid groups (broad SMARTS) is 1. The average molecular weight is 449 g/mol. The number of imidazole rings is 1. The number of aromatic nitrogens is 2. The van der Waals surface area contributed by atoms with E-state index < -0.39 is 17.9 Å². The number of aryl methyl sites for hydroxylation is 1. The Hall–Kier alpha value is -3.27. The van der Waals surface area contributed by atoms with Gasteiger partial charge >= 0.3 is 12.3 Å². The maximum Gasteiger partial charge on any atom is 0.511 e. The van der Waals surface area contributed by atoms with Crippen molar-refractivity contribution in [2.24, 2.45) is 0 Å². The van der Waals surface area contributed by atoms with E-state index in [1.54, 1.807) is 23.6 Å². The first-order valence-electron chi connectivity index (χ1n) is 10.0. The van der Waals surface area contributed by atoms with Gasteiger partial charge in [0, 0.05) is 31.4 Å². The molecular weight excluding hydrogens is 427 g/mol. The standard InChI is InChI=1S/C22H22F3N3O4/c1-13-15(4-3-5-17(13)22(23,24)25)12-28-14(2)26-20-18(28)10-16(11-19(20)32-21(29)30)27-6-8-31-9-7-27/h3-5,10-11H,6-9,12H2,1-2H3,(H,29,30). The fourth-order valence-corrected chi connectivity index (χ4v) is 4.00. The third-order valence-corrected chi connectivity index (χ3v) is 5.65. The molecule has 0 bridgehead atoms. The van der Waals surface area contributed by atoms with Crippen molar-refractivity contribution >= 4 is 22.9 Å². The van der Waals surface area contributed by atoms with Crippen LogP contribution < -0.4 is 9.64 Å². The van der Waals surface area contributed by atoms with Crippen molar-refractivity contribution in [2.45, 2.75) is 26.6 Å². The molecule has 10 heteroatoms. The van der Waals surface area contributed by atoms with Crippen LogP contribution in [0.15, 0.2) is 30.3 Å². The van der Waals surface area contributed by atoms with Crippen LogP contribution in [0, 0.1) is 13.8 Å². The number of morpholine rings is 1. The van der Waals surface area contributed by atoms with Crippen molar-refractivity contribution in [2.75, 3.05) is 31.2 Å². The number of hydrogen-bond donors (Lipinski definition) is 1. The van der Waals surface area contributed by atoms with Crippen LogP contribution in [0.25, 0.3) is 11.0 Å². The van der Waals surface area contributed by atoms with Crippen LogP contribution >= 0.6 is 0 Å². The Morgan fingerprint density at radius 1 is 1.22 bits per heavy atom. The summed E-state index contributed by atoms with van der Waals surface area (Å²) in [5.41, 5.74) is 1.62. The summed E-state index contributed by atoms with van der Waals surface area (Å²) in [6, 6.07) is 7.58. The lowest BCUT2D eigenvalue weighted by Crippen LogP contribution is -2.36. The zero-order chi connectivity index (χ0) is 23.0. The zero-order valence-corrected chi connectivity index (χ0v) is 17.6. The van der Waals surface area contributed by atoms with Crippen molar-refractivity contribution in [1.29, 1.82) is 0 Å². The number of fused-ring (bicyclic) bond motifs is 1. The maximum absolute atomic E-state index is 13.4. The quantitative estimate of drug-likeness (QED) is 0.463. The highest BCUT2D eigenvalue weighted by molar-refractivity contribution is 5.88. The Labute approximate surface area is 182 Å². The molecule has 0 unspecified atom stereocenters. The summed E-state index contributed by atoms with van der Waals surface area (Å²) in [7, 11) is 0. The van der Waals surface area contributed by atoms with Gasteiger partial charge in [0.2, 0.25) is 0 Å². The van der Waals surface area contributed by atoms with Crippen molar-refractivity contribution in [3.63, 3.8) is 0 Å². The van der Waals surface area contributed by atoms with Gasteiger partial charge in [-0.3, -0.25) is 0 Å². The van der Waals surface area contributed by atoms with Crippen molar-refractivity contribution in [1.82, 2.24) is 9.55 Å². The van der Waals surface area contributed by atoms with Gasteiger partial charge in [0.1, 0.15) is 11.3 Å². The molecule has 2 heterocycles. The fraction of sp³-hybridized carbons (Fsp3) is 0.364. The number of anilines is 1. The summed E-state index contributed by atoms with van der Waals surface area (Å²) in [5.74, 6) is 0.616. The van der Waals surface area contributed by atoms with Gasteiger partial charge in [0.25, 0.3) is 0 Å². The van der Waals surface area contributed by atoms with Gasteiger partial charge in [-0.25, -0.2) is 9.78 Å². The third-order valence-electron chi connectivity index (χ3n) is 5.65. The SMILES string of the molecule is Cc1c(Cn2c(C)nc3c(OC(=O)O)cc(N4CCOCC4)cc32)cccc1C(F)(F)F. The molecule has 2 aromatic carbocycles. The van der Waals surface area contributed by atoms with Crippen molar-refractivity contribution in [3.8, 4) is 5.75 Å². The van der Waals surface area contributed by atoms with Gasteiger partial charge in [0.05, 0.1) is 24.3 Å². The van der Waals surface area contributed by atoms with Gasteiger partial charge in [-0.2, -0.15) is 13.2 Å². The first kappa shape index (κ1) is 21.9. The van der Waals surface area contributed by atoms with Crippen molar-refractivity contribution < 1.29 is 32.5 Å². The molecule has 3 aromatic rings. The number of alkyl halides is 3. The van der Waals surface area contributed by atoms with Crippen LogP contribution in [0.1, 0.15) is 22.5 Å². The summed E-state index contributed by atoms with van der Waals surface area (Å²) in [4.78, 5) is 17.8. The number of nitrogens with zero attached hydrogens (tertiary/aromatic N) is 3. The highest BCUT2D eigenvalue weighted by Crippen LogP contribution is 2.35. The van der Waals surface area contributed by atoms with E-state index in [-0.39, 0.29) is 17.9 Å². The van der Waals surface area contributed by atoms with Gasteiger partial charge < -0.3 is 24.0 Å². The molecule has 170 valence electrons. The van der Waals surface area contributed by atoms with Gasteiger partial charge in [0.15, 0.2) is 5.75 Å². The first-order valence-corrected chi connectivity index (χ1v) is 10.0. The largest absolute Gasteiger partial charge is 0.511 e. The van der Waals surface area contributed by atoms with Crippen LogP contribution in [0.2, 0.25) is 0 Å². The van der Waals surface area contributed by atoms with E-state index >= 15 is 0 Å². The molecule has 1 fully saturated rings. The molecule has 0 radical (unpaired) electrons. The Morgan fingerprint density at radius 3 is 2.59 bits per heavy atom.